The number of nitrogens with two attached hydrogens (primary N) is 1. The lowest BCUT2D eigenvalue weighted by Gasteiger charge is -2.26. The predicted molar refractivity (Wildman–Crippen MR) is 70.9 cm³/mol. The van der Waals surface area contributed by atoms with Crippen LogP contribution in [-0.2, 0) is 10.0 Å². The van der Waals surface area contributed by atoms with Gasteiger partial charge in [0.25, 0.3) is 0 Å². The van der Waals surface area contributed by atoms with E-state index in [0.717, 1.165) is 19.3 Å². The fourth-order valence-electron chi connectivity index (χ4n) is 2.99. The summed E-state index contributed by atoms with van der Waals surface area (Å²) in [5.74, 6) is 0.537. The highest BCUT2D eigenvalue weighted by Crippen LogP contribution is 2.40. The summed E-state index contributed by atoms with van der Waals surface area (Å²) in [6.07, 6.45) is 3.13. The molecule has 0 amide bonds. The molecule has 0 aromatic heterocycles. The SMILES string of the molecule is Nc1cc(S(=O)(=O)N2CC3CCC2C3)ccc1Cl. The van der Waals surface area contributed by atoms with Crippen molar-refractivity contribution in [3.8, 4) is 0 Å². The molecule has 2 aliphatic rings. The van der Waals surface area contributed by atoms with Gasteiger partial charge in [0.2, 0.25) is 10.0 Å². The molecular formula is C12H15ClN2O2S. The third-order valence-corrected chi connectivity index (χ3v) is 6.19. The predicted octanol–water partition coefficient (Wildman–Crippen LogP) is 2.10. The van der Waals surface area contributed by atoms with E-state index in [2.05, 4.69) is 0 Å². The molecule has 1 saturated carbocycles. The number of hydrogen-bond acceptors (Lipinski definition) is 3. The van der Waals surface area contributed by atoms with Gasteiger partial charge >= 0.3 is 0 Å². The van der Waals surface area contributed by atoms with Crippen molar-refractivity contribution in [2.75, 3.05) is 12.3 Å². The summed E-state index contributed by atoms with van der Waals surface area (Å²) in [6.45, 7) is 0.648. The molecule has 1 saturated heterocycles. The molecule has 1 aromatic carbocycles. The fourth-order valence-corrected chi connectivity index (χ4v) is 4.89. The quantitative estimate of drug-likeness (QED) is 0.847. The largest absolute Gasteiger partial charge is 0.397 e. The number of nitrogen functional groups attached to an aromatic ring is 1. The van der Waals surface area contributed by atoms with Gasteiger partial charge in [-0.3, -0.25) is 0 Å². The van der Waals surface area contributed by atoms with Gasteiger partial charge in [0.05, 0.1) is 15.6 Å². The Morgan fingerprint density at radius 2 is 2.11 bits per heavy atom. The molecule has 2 bridgehead atoms. The lowest BCUT2D eigenvalue weighted by molar-refractivity contribution is 0.333. The summed E-state index contributed by atoms with van der Waals surface area (Å²) in [4.78, 5) is 0.247. The molecule has 6 heteroatoms. The van der Waals surface area contributed by atoms with E-state index in [0.29, 0.717) is 23.2 Å². The second-order valence-electron chi connectivity index (χ2n) is 5.09. The molecule has 1 heterocycles. The molecule has 4 nitrogen and oxygen atoms in total. The number of benzene rings is 1. The molecule has 2 fully saturated rings. The topological polar surface area (TPSA) is 63.4 Å². The average Bonchev–Trinajstić information content (AvgIpc) is 2.94. The van der Waals surface area contributed by atoms with Gasteiger partial charge in [-0.2, -0.15) is 4.31 Å². The first-order valence-electron chi connectivity index (χ1n) is 6.05. The zero-order valence-electron chi connectivity index (χ0n) is 9.84. The van der Waals surface area contributed by atoms with E-state index in [1.54, 1.807) is 4.31 Å². The maximum Gasteiger partial charge on any atom is 0.243 e. The number of hydrogen-bond donors (Lipinski definition) is 1. The molecule has 3 rings (SSSR count). The molecule has 0 spiro atoms. The van der Waals surface area contributed by atoms with Crippen LogP contribution in [0.4, 0.5) is 5.69 Å². The third-order valence-electron chi connectivity index (χ3n) is 3.93. The molecule has 1 aliphatic carbocycles. The molecule has 2 N–H and O–H groups in total. The Hall–Kier alpha value is -0.780. The van der Waals surface area contributed by atoms with Gasteiger partial charge in [0.1, 0.15) is 0 Å². The van der Waals surface area contributed by atoms with E-state index < -0.39 is 10.0 Å². The molecular weight excluding hydrogens is 272 g/mol. The van der Waals surface area contributed by atoms with Gasteiger partial charge in [-0.15, -0.1) is 0 Å². The second-order valence-corrected chi connectivity index (χ2v) is 7.39. The normalized spacial score (nSPS) is 27.8. The summed E-state index contributed by atoms with van der Waals surface area (Å²) >= 11 is 5.82. The van der Waals surface area contributed by atoms with Crippen molar-refractivity contribution in [3.63, 3.8) is 0 Å². The summed E-state index contributed by atoms with van der Waals surface area (Å²) in [5.41, 5.74) is 5.98. The lowest BCUT2D eigenvalue weighted by atomic mass is 10.1. The Morgan fingerprint density at radius 3 is 2.67 bits per heavy atom. The average molecular weight is 287 g/mol. The molecule has 2 atom stereocenters. The Balaban J connectivity index is 1.97. The zero-order valence-corrected chi connectivity index (χ0v) is 11.4. The van der Waals surface area contributed by atoms with Crippen LogP contribution in [0.1, 0.15) is 19.3 Å². The van der Waals surface area contributed by atoms with Crippen molar-refractivity contribution in [1.29, 1.82) is 0 Å². The lowest BCUT2D eigenvalue weighted by Crippen LogP contribution is -2.37. The van der Waals surface area contributed by atoms with E-state index in [-0.39, 0.29) is 10.9 Å². The number of anilines is 1. The van der Waals surface area contributed by atoms with Crippen molar-refractivity contribution in [2.45, 2.75) is 30.2 Å². The Labute approximate surface area is 112 Å². The Kier molecular flexibility index (Phi) is 2.80. The molecule has 2 unspecified atom stereocenters. The summed E-state index contributed by atoms with van der Waals surface area (Å²) in [7, 11) is -3.41. The zero-order chi connectivity index (χ0) is 12.9. The fraction of sp³-hybridized carbons (Fsp3) is 0.500. The van der Waals surface area contributed by atoms with Crippen LogP contribution in [0.3, 0.4) is 0 Å². The maximum atomic E-state index is 12.5. The second kappa shape index (κ2) is 4.11. The summed E-state index contributed by atoms with van der Waals surface area (Å²) in [5, 5.41) is 0.386. The van der Waals surface area contributed by atoms with Crippen molar-refractivity contribution >= 4 is 27.3 Å². The number of rotatable bonds is 2. The number of fused-ring (bicyclic) bond motifs is 2. The van der Waals surface area contributed by atoms with Crippen molar-refractivity contribution in [1.82, 2.24) is 4.31 Å². The van der Waals surface area contributed by atoms with Crippen LogP contribution < -0.4 is 5.73 Å². The standard InChI is InChI=1S/C12H15ClN2O2S/c13-11-4-3-10(6-12(11)14)18(16,17)15-7-8-1-2-9(15)5-8/h3-4,6,8-9H,1-2,5,7,14H2. The van der Waals surface area contributed by atoms with Crippen LogP contribution in [0.25, 0.3) is 0 Å². The molecule has 0 radical (unpaired) electrons. The van der Waals surface area contributed by atoms with E-state index in [1.807, 2.05) is 0 Å². The summed E-state index contributed by atoms with van der Waals surface area (Å²) < 4.78 is 26.7. The number of sulfonamides is 1. The van der Waals surface area contributed by atoms with E-state index in [4.69, 9.17) is 17.3 Å². The highest BCUT2D eigenvalue weighted by molar-refractivity contribution is 7.89. The maximum absolute atomic E-state index is 12.5. The number of piperidine rings is 1. The van der Waals surface area contributed by atoms with Crippen LogP contribution >= 0.6 is 11.6 Å². The Morgan fingerprint density at radius 1 is 1.33 bits per heavy atom. The van der Waals surface area contributed by atoms with Gasteiger partial charge in [-0.05, 0) is 43.4 Å². The first kappa shape index (κ1) is 12.3. The van der Waals surface area contributed by atoms with Crippen LogP contribution in [0, 0.1) is 5.92 Å². The minimum absolute atomic E-state index is 0.178. The van der Waals surface area contributed by atoms with Gasteiger partial charge in [-0.1, -0.05) is 11.6 Å². The molecule has 18 heavy (non-hydrogen) atoms. The highest BCUT2D eigenvalue weighted by Gasteiger charge is 2.44. The first-order valence-corrected chi connectivity index (χ1v) is 7.87. The van der Waals surface area contributed by atoms with Crippen LogP contribution in [0.15, 0.2) is 23.1 Å². The van der Waals surface area contributed by atoms with Crippen molar-refractivity contribution in [3.05, 3.63) is 23.2 Å². The number of nitrogens with zero attached hydrogens (tertiary/aromatic N) is 1. The molecule has 1 aromatic rings. The van der Waals surface area contributed by atoms with E-state index >= 15 is 0 Å². The monoisotopic (exact) mass is 286 g/mol. The minimum atomic E-state index is -3.41. The molecule has 1 aliphatic heterocycles. The smallest absolute Gasteiger partial charge is 0.243 e. The summed E-state index contributed by atoms with van der Waals surface area (Å²) in [6, 6.07) is 4.69. The van der Waals surface area contributed by atoms with Crippen LogP contribution in [0.5, 0.6) is 0 Å². The third kappa shape index (κ3) is 1.81. The van der Waals surface area contributed by atoms with Gasteiger partial charge in [0.15, 0.2) is 0 Å². The van der Waals surface area contributed by atoms with Crippen LogP contribution in [0.2, 0.25) is 5.02 Å². The number of halogens is 1. The minimum Gasteiger partial charge on any atom is -0.397 e. The van der Waals surface area contributed by atoms with E-state index in [1.165, 1.54) is 18.2 Å². The van der Waals surface area contributed by atoms with Crippen molar-refractivity contribution in [2.24, 2.45) is 5.92 Å². The highest BCUT2D eigenvalue weighted by atomic mass is 35.5. The van der Waals surface area contributed by atoms with Crippen LogP contribution in [-0.4, -0.2) is 25.3 Å². The first-order chi connectivity index (χ1) is 8.48. The van der Waals surface area contributed by atoms with Gasteiger partial charge < -0.3 is 5.73 Å². The van der Waals surface area contributed by atoms with Crippen molar-refractivity contribution < 1.29 is 8.42 Å². The van der Waals surface area contributed by atoms with Gasteiger partial charge in [-0.25, -0.2) is 8.42 Å². The van der Waals surface area contributed by atoms with Gasteiger partial charge in [0, 0.05) is 12.6 Å². The molecule has 98 valence electrons. The van der Waals surface area contributed by atoms with E-state index in [9.17, 15) is 8.42 Å². The Bertz CT molecular complexity index is 588.